The van der Waals surface area contributed by atoms with Gasteiger partial charge in [0.1, 0.15) is 18.1 Å². The standard InChI is InChI=1S/C26H28N2O4/c1-31-23-13-9-20(10-14-23)16-25(29)28(22-11-12-22)19-26(30)27(18-24-8-5-15-32-24)17-21-6-3-2-4-7-21/h2-10,13-15,22H,11-12,16-19H2,1H3. The van der Waals surface area contributed by atoms with Crippen LogP contribution < -0.4 is 4.74 Å². The SMILES string of the molecule is COc1ccc(CC(=O)N(CC(=O)N(Cc2ccccc2)Cc2ccco2)C2CC2)cc1. The summed E-state index contributed by atoms with van der Waals surface area (Å²) in [5, 5.41) is 0. The number of benzene rings is 2. The highest BCUT2D eigenvalue weighted by Gasteiger charge is 2.34. The molecule has 6 heteroatoms. The van der Waals surface area contributed by atoms with E-state index in [2.05, 4.69) is 0 Å². The van der Waals surface area contributed by atoms with Crippen molar-refractivity contribution in [2.45, 2.75) is 38.4 Å². The van der Waals surface area contributed by atoms with Crippen molar-refractivity contribution < 1.29 is 18.7 Å². The van der Waals surface area contributed by atoms with Crippen molar-refractivity contribution in [2.75, 3.05) is 13.7 Å². The first-order valence-corrected chi connectivity index (χ1v) is 10.9. The zero-order valence-corrected chi connectivity index (χ0v) is 18.3. The average molecular weight is 433 g/mol. The summed E-state index contributed by atoms with van der Waals surface area (Å²) in [6.07, 6.45) is 3.76. The molecule has 1 aromatic heterocycles. The lowest BCUT2D eigenvalue weighted by molar-refractivity contribution is -0.141. The molecular weight excluding hydrogens is 404 g/mol. The molecule has 0 atom stereocenters. The van der Waals surface area contributed by atoms with Gasteiger partial charge in [0.15, 0.2) is 0 Å². The highest BCUT2D eigenvalue weighted by Crippen LogP contribution is 2.28. The number of hydrogen-bond donors (Lipinski definition) is 0. The lowest BCUT2D eigenvalue weighted by Gasteiger charge is -2.27. The predicted molar refractivity (Wildman–Crippen MR) is 121 cm³/mol. The van der Waals surface area contributed by atoms with Gasteiger partial charge in [0, 0.05) is 12.6 Å². The molecule has 3 aromatic rings. The van der Waals surface area contributed by atoms with Crippen molar-refractivity contribution in [3.8, 4) is 5.75 Å². The Bertz CT molecular complexity index is 1010. The normalized spacial score (nSPS) is 12.9. The van der Waals surface area contributed by atoms with E-state index in [-0.39, 0.29) is 30.8 Å². The summed E-state index contributed by atoms with van der Waals surface area (Å²) >= 11 is 0. The minimum absolute atomic E-state index is 0.0244. The lowest BCUT2D eigenvalue weighted by atomic mass is 10.1. The Hall–Kier alpha value is -3.54. The third-order valence-corrected chi connectivity index (χ3v) is 5.62. The summed E-state index contributed by atoms with van der Waals surface area (Å²) < 4.78 is 10.7. The van der Waals surface area contributed by atoms with Crippen molar-refractivity contribution in [1.82, 2.24) is 9.80 Å². The molecule has 32 heavy (non-hydrogen) atoms. The topological polar surface area (TPSA) is 63.0 Å². The van der Waals surface area contributed by atoms with E-state index >= 15 is 0 Å². The Morgan fingerprint density at radius 2 is 1.66 bits per heavy atom. The second kappa shape index (κ2) is 10.2. The monoisotopic (exact) mass is 432 g/mol. The van der Waals surface area contributed by atoms with Gasteiger partial charge in [-0.2, -0.15) is 0 Å². The van der Waals surface area contributed by atoms with E-state index in [1.165, 1.54) is 0 Å². The van der Waals surface area contributed by atoms with Gasteiger partial charge in [-0.3, -0.25) is 9.59 Å². The summed E-state index contributed by atoms with van der Waals surface area (Å²) in [7, 11) is 1.62. The maximum absolute atomic E-state index is 13.3. The van der Waals surface area contributed by atoms with E-state index in [0.29, 0.717) is 13.1 Å². The van der Waals surface area contributed by atoms with Crippen LogP contribution in [0.25, 0.3) is 0 Å². The van der Waals surface area contributed by atoms with Gasteiger partial charge >= 0.3 is 0 Å². The first kappa shape index (κ1) is 21.7. The van der Waals surface area contributed by atoms with Crippen LogP contribution in [0.5, 0.6) is 5.75 Å². The molecule has 6 nitrogen and oxygen atoms in total. The van der Waals surface area contributed by atoms with Gasteiger partial charge in [0.25, 0.3) is 0 Å². The van der Waals surface area contributed by atoms with Crippen molar-refractivity contribution in [1.29, 1.82) is 0 Å². The first-order valence-electron chi connectivity index (χ1n) is 10.9. The van der Waals surface area contributed by atoms with E-state index in [0.717, 1.165) is 35.5 Å². The molecule has 0 bridgehead atoms. The average Bonchev–Trinajstić information content (AvgIpc) is 3.53. The van der Waals surface area contributed by atoms with E-state index < -0.39 is 0 Å². The maximum Gasteiger partial charge on any atom is 0.242 e. The third-order valence-electron chi connectivity index (χ3n) is 5.62. The lowest BCUT2D eigenvalue weighted by Crippen LogP contribution is -2.44. The fourth-order valence-corrected chi connectivity index (χ4v) is 3.70. The molecule has 0 saturated heterocycles. The van der Waals surface area contributed by atoms with E-state index in [1.807, 2.05) is 66.7 Å². The van der Waals surface area contributed by atoms with E-state index in [1.54, 1.807) is 23.2 Å². The molecule has 2 amide bonds. The summed E-state index contributed by atoms with van der Waals surface area (Å²) in [5.74, 6) is 1.37. The number of furan rings is 1. The molecule has 0 aliphatic heterocycles. The molecular formula is C26H28N2O4. The van der Waals surface area contributed by atoms with Gasteiger partial charge in [-0.1, -0.05) is 42.5 Å². The zero-order chi connectivity index (χ0) is 22.3. The number of hydrogen-bond acceptors (Lipinski definition) is 4. The van der Waals surface area contributed by atoms with Gasteiger partial charge in [-0.25, -0.2) is 0 Å². The van der Waals surface area contributed by atoms with Gasteiger partial charge in [-0.15, -0.1) is 0 Å². The molecule has 2 aromatic carbocycles. The Morgan fingerprint density at radius 1 is 0.906 bits per heavy atom. The van der Waals surface area contributed by atoms with Gasteiger partial charge < -0.3 is 19.0 Å². The number of nitrogens with zero attached hydrogens (tertiary/aromatic N) is 2. The minimum atomic E-state index is -0.0831. The second-order valence-electron chi connectivity index (χ2n) is 8.09. The van der Waals surface area contributed by atoms with Crippen LogP contribution in [0.2, 0.25) is 0 Å². The van der Waals surface area contributed by atoms with E-state index in [4.69, 9.17) is 9.15 Å². The number of methoxy groups -OCH3 is 1. The summed E-state index contributed by atoms with van der Waals surface area (Å²) in [6, 6.07) is 21.2. The third kappa shape index (κ3) is 5.78. The van der Waals surface area contributed by atoms with Crippen LogP contribution >= 0.6 is 0 Å². The zero-order valence-electron chi connectivity index (χ0n) is 18.3. The van der Waals surface area contributed by atoms with Crippen molar-refractivity contribution >= 4 is 11.8 Å². The number of carbonyl (C=O) groups excluding carboxylic acids is 2. The van der Waals surface area contributed by atoms with Crippen LogP contribution in [-0.2, 0) is 29.1 Å². The molecule has 0 spiro atoms. The molecule has 166 valence electrons. The second-order valence-corrected chi connectivity index (χ2v) is 8.09. The fourth-order valence-electron chi connectivity index (χ4n) is 3.70. The van der Waals surface area contributed by atoms with Crippen LogP contribution in [0, 0.1) is 0 Å². The predicted octanol–water partition coefficient (Wildman–Crippen LogP) is 4.05. The number of ether oxygens (including phenoxy) is 1. The van der Waals surface area contributed by atoms with Crippen LogP contribution in [0.1, 0.15) is 29.7 Å². The largest absolute Gasteiger partial charge is 0.497 e. The molecule has 0 radical (unpaired) electrons. The van der Waals surface area contributed by atoms with Crippen LogP contribution in [0.3, 0.4) is 0 Å². The molecule has 1 saturated carbocycles. The molecule has 1 aliphatic carbocycles. The summed E-state index contributed by atoms with van der Waals surface area (Å²) in [6.45, 7) is 0.907. The Morgan fingerprint density at radius 3 is 2.28 bits per heavy atom. The van der Waals surface area contributed by atoms with Gasteiger partial charge in [-0.05, 0) is 48.2 Å². The van der Waals surface area contributed by atoms with Gasteiger partial charge in [0.05, 0.1) is 26.3 Å². The van der Waals surface area contributed by atoms with Crippen molar-refractivity contribution in [2.24, 2.45) is 0 Å². The van der Waals surface area contributed by atoms with Crippen LogP contribution in [0.15, 0.2) is 77.4 Å². The van der Waals surface area contributed by atoms with Crippen LogP contribution in [-0.4, -0.2) is 41.3 Å². The molecule has 4 rings (SSSR count). The van der Waals surface area contributed by atoms with E-state index in [9.17, 15) is 9.59 Å². The Labute approximate surface area is 188 Å². The molecule has 0 unspecified atom stereocenters. The highest BCUT2D eigenvalue weighted by atomic mass is 16.5. The Balaban J connectivity index is 1.45. The fraction of sp³-hybridized carbons (Fsp3) is 0.308. The summed E-state index contributed by atoms with van der Waals surface area (Å²) in [4.78, 5) is 29.9. The smallest absolute Gasteiger partial charge is 0.242 e. The maximum atomic E-state index is 13.3. The quantitative estimate of drug-likeness (QED) is 0.485. The van der Waals surface area contributed by atoms with Gasteiger partial charge in [0.2, 0.25) is 11.8 Å². The first-order chi connectivity index (χ1) is 15.6. The minimum Gasteiger partial charge on any atom is -0.497 e. The van der Waals surface area contributed by atoms with Crippen LogP contribution in [0.4, 0.5) is 0 Å². The summed E-state index contributed by atoms with van der Waals surface area (Å²) in [5.41, 5.74) is 1.94. The Kier molecular flexibility index (Phi) is 6.90. The highest BCUT2D eigenvalue weighted by molar-refractivity contribution is 5.86. The molecule has 0 N–H and O–H groups in total. The number of carbonyl (C=O) groups is 2. The van der Waals surface area contributed by atoms with Crippen molar-refractivity contribution in [3.05, 3.63) is 89.9 Å². The number of amides is 2. The number of rotatable bonds is 10. The molecule has 1 fully saturated rings. The molecule has 1 heterocycles. The molecule has 1 aliphatic rings. The van der Waals surface area contributed by atoms with Crippen molar-refractivity contribution in [3.63, 3.8) is 0 Å².